The van der Waals surface area contributed by atoms with E-state index in [4.69, 9.17) is 4.74 Å². The van der Waals surface area contributed by atoms with Crippen molar-refractivity contribution >= 4 is 16.9 Å². The third kappa shape index (κ3) is 4.41. The van der Waals surface area contributed by atoms with Crippen LogP contribution in [0.3, 0.4) is 0 Å². The normalized spacial score (nSPS) is 10.9. The van der Waals surface area contributed by atoms with Crippen LogP contribution >= 0.6 is 0 Å². The molecular formula is C18H24N2O3. The van der Waals surface area contributed by atoms with Crippen molar-refractivity contribution in [1.29, 1.82) is 0 Å². The quantitative estimate of drug-likeness (QED) is 0.554. The molecular weight excluding hydrogens is 292 g/mol. The summed E-state index contributed by atoms with van der Waals surface area (Å²) in [7, 11) is 0. The van der Waals surface area contributed by atoms with Gasteiger partial charge in [-0.1, -0.05) is 38.3 Å². The summed E-state index contributed by atoms with van der Waals surface area (Å²) in [6.07, 6.45) is 4.28. The van der Waals surface area contributed by atoms with Gasteiger partial charge in [-0.05, 0) is 25.5 Å². The number of unbranched alkanes of at least 4 members (excludes halogenated alkanes) is 3. The Balaban J connectivity index is 2.36. The lowest BCUT2D eigenvalue weighted by Crippen LogP contribution is -2.27. The van der Waals surface area contributed by atoms with Crippen LogP contribution in [-0.4, -0.2) is 22.1 Å². The SMILES string of the molecule is CCCCCCn1c(CC(=O)OCC)nc2ccccc2c1=O. The van der Waals surface area contributed by atoms with Crippen molar-refractivity contribution in [2.45, 2.75) is 52.5 Å². The number of hydrogen-bond donors (Lipinski definition) is 0. The first-order valence-corrected chi connectivity index (χ1v) is 8.31. The van der Waals surface area contributed by atoms with Gasteiger partial charge in [-0.25, -0.2) is 4.98 Å². The molecule has 1 heterocycles. The molecule has 0 radical (unpaired) electrons. The van der Waals surface area contributed by atoms with E-state index in [2.05, 4.69) is 11.9 Å². The van der Waals surface area contributed by atoms with Crippen molar-refractivity contribution in [3.63, 3.8) is 0 Å². The lowest BCUT2D eigenvalue weighted by molar-refractivity contribution is -0.142. The number of carbonyl (C=O) groups is 1. The predicted octanol–water partition coefficient (Wildman–Crippen LogP) is 3.08. The molecule has 0 saturated heterocycles. The molecule has 1 aromatic heterocycles. The molecule has 23 heavy (non-hydrogen) atoms. The molecule has 1 aromatic carbocycles. The minimum atomic E-state index is -0.350. The highest BCUT2D eigenvalue weighted by Gasteiger charge is 2.14. The van der Waals surface area contributed by atoms with Crippen molar-refractivity contribution in [2.75, 3.05) is 6.61 Å². The standard InChI is InChI=1S/C18H24N2O3/c1-3-5-6-9-12-20-16(13-17(21)23-4-2)19-15-11-8-7-10-14(15)18(20)22/h7-8,10-11H,3-6,9,12-13H2,1-2H3. The summed E-state index contributed by atoms with van der Waals surface area (Å²) in [4.78, 5) is 29.1. The number of esters is 1. The van der Waals surface area contributed by atoms with Gasteiger partial charge in [-0.2, -0.15) is 0 Å². The number of nitrogens with zero attached hydrogens (tertiary/aromatic N) is 2. The molecule has 0 aliphatic carbocycles. The fourth-order valence-electron chi connectivity index (χ4n) is 2.62. The number of para-hydroxylation sites is 1. The lowest BCUT2D eigenvalue weighted by atomic mass is 10.2. The lowest BCUT2D eigenvalue weighted by Gasteiger charge is -2.13. The predicted molar refractivity (Wildman–Crippen MR) is 90.5 cm³/mol. The maximum atomic E-state index is 12.7. The third-order valence-corrected chi connectivity index (χ3v) is 3.78. The first kappa shape index (κ1) is 17.2. The Labute approximate surface area is 136 Å². The number of hydrogen-bond acceptors (Lipinski definition) is 4. The van der Waals surface area contributed by atoms with E-state index in [-0.39, 0.29) is 17.9 Å². The second kappa shape index (κ2) is 8.46. The van der Waals surface area contributed by atoms with Gasteiger partial charge in [-0.15, -0.1) is 0 Å². The average molecular weight is 316 g/mol. The first-order chi connectivity index (χ1) is 11.2. The van der Waals surface area contributed by atoms with Gasteiger partial charge in [0.15, 0.2) is 0 Å². The summed E-state index contributed by atoms with van der Waals surface area (Å²) in [6, 6.07) is 7.25. The molecule has 0 atom stereocenters. The molecule has 0 spiro atoms. The van der Waals surface area contributed by atoms with E-state index >= 15 is 0 Å². The molecule has 5 nitrogen and oxygen atoms in total. The molecule has 0 fully saturated rings. The van der Waals surface area contributed by atoms with Gasteiger partial charge < -0.3 is 4.74 Å². The van der Waals surface area contributed by atoms with Gasteiger partial charge in [0, 0.05) is 6.54 Å². The Morgan fingerprint density at radius 2 is 1.96 bits per heavy atom. The summed E-state index contributed by atoms with van der Waals surface area (Å²) in [6.45, 7) is 4.83. The minimum absolute atomic E-state index is 0.0295. The molecule has 5 heteroatoms. The summed E-state index contributed by atoms with van der Waals surface area (Å²) < 4.78 is 6.64. The zero-order valence-electron chi connectivity index (χ0n) is 13.9. The van der Waals surface area contributed by atoms with E-state index in [9.17, 15) is 9.59 Å². The number of ether oxygens (including phenoxy) is 1. The summed E-state index contributed by atoms with van der Waals surface area (Å²) in [5.41, 5.74) is 0.549. The second-order valence-electron chi connectivity index (χ2n) is 5.54. The fraction of sp³-hybridized carbons (Fsp3) is 0.500. The Morgan fingerprint density at radius 3 is 2.70 bits per heavy atom. The van der Waals surface area contributed by atoms with E-state index in [1.165, 1.54) is 0 Å². The van der Waals surface area contributed by atoms with Crippen LogP contribution in [0.2, 0.25) is 0 Å². The molecule has 0 aliphatic heterocycles. The largest absolute Gasteiger partial charge is 0.466 e. The third-order valence-electron chi connectivity index (χ3n) is 3.78. The molecule has 2 aromatic rings. The van der Waals surface area contributed by atoms with Crippen LogP contribution < -0.4 is 5.56 Å². The zero-order valence-corrected chi connectivity index (χ0v) is 13.9. The van der Waals surface area contributed by atoms with Crippen molar-refractivity contribution < 1.29 is 9.53 Å². The molecule has 0 bridgehead atoms. The maximum Gasteiger partial charge on any atom is 0.313 e. The first-order valence-electron chi connectivity index (χ1n) is 8.31. The molecule has 0 N–H and O–H groups in total. The Hall–Kier alpha value is -2.17. The Morgan fingerprint density at radius 1 is 1.17 bits per heavy atom. The van der Waals surface area contributed by atoms with Crippen LogP contribution in [0.15, 0.2) is 29.1 Å². The van der Waals surface area contributed by atoms with Gasteiger partial charge in [-0.3, -0.25) is 14.2 Å². The smallest absolute Gasteiger partial charge is 0.313 e. The highest BCUT2D eigenvalue weighted by atomic mass is 16.5. The number of carbonyl (C=O) groups excluding carboxylic acids is 1. The summed E-state index contributed by atoms with van der Waals surface area (Å²) in [5.74, 6) is 0.139. The van der Waals surface area contributed by atoms with E-state index in [1.54, 1.807) is 23.6 Å². The number of rotatable bonds is 8. The summed E-state index contributed by atoms with van der Waals surface area (Å²) >= 11 is 0. The maximum absolute atomic E-state index is 12.7. The van der Waals surface area contributed by atoms with Gasteiger partial charge in [0.2, 0.25) is 0 Å². The van der Waals surface area contributed by atoms with Gasteiger partial charge in [0.05, 0.1) is 17.5 Å². The van der Waals surface area contributed by atoms with E-state index < -0.39 is 0 Å². The van der Waals surface area contributed by atoms with Crippen molar-refractivity contribution in [3.8, 4) is 0 Å². The molecule has 0 saturated carbocycles. The number of aromatic nitrogens is 2. The summed E-state index contributed by atoms with van der Waals surface area (Å²) in [5, 5.41) is 0.593. The average Bonchev–Trinajstić information content (AvgIpc) is 2.54. The topological polar surface area (TPSA) is 61.2 Å². The highest BCUT2D eigenvalue weighted by molar-refractivity contribution is 5.78. The molecule has 0 unspecified atom stereocenters. The monoisotopic (exact) mass is 316 g/mol. The van der Waals surface area contributed by atoms with E-state index in [1.807, 2.05) is 12.1 Å². The zero-order chi connectivity index (χ0) is 16.7. The van der Waals surface area contributed by atoms with E-state index in [0.29, 0.717) is 29.9 Å². The Bertz CT molecular complexity index is 722. The van der Waals surface area contributed by atoms with Crippen LogP contribution in [0.5, 0.6) is 0 Å². The van der Waals surface area contributed by atoms with Crippen LogP contribution in [0.4, 0.5) is 0 Å². The molecule has 124 valence electrons. The number of benzene rings is 1. The molecule has 0 aliphatic rings. The second-order valence-corrected chi connectivity index (χ2v) is 5.54. The van der Waals surface area contributed by atoms with Crippen LogP contribution in [0.25, 0.3) is 10.9 Å². The van der Waals surface area contributed by atoms with Gasteiger partial charge >= 0.3 is 5.97 Å². The fourth-order valence-corrected chi connectivity index (χ4v) is 2.62. The van der Waals surface area contributed by atoms with Crippen LogP contribution in [-0.2, 0) is 22.5 Å². The molecule has 0 amide bonds. The van der Waals surface area contributed by atoms with E-state index in [0.717, 1.165) is 25.7 Å². The number of fused-ring (bicyclic) bond motifs is 1. The van der Waals surface area contributed by atoms with Crippen LogP contribution in [0, 0.1) is 0 Å². The van der Waals surface area contributed by atoms with Crippen LogP contribution in [0.1, 0.15) is 45.4 Å². The Kier molecular flexibility index (Phi) is 6.32. The molecule has 2 rings (SSSR count). The minimum Gasteiger partial charge on any atom is -0.466 e. The van der Waals surface area contributed by atoms with Gasteiger partial charge in [0.25, 0.3) is 5.56 Å². The van der Waals surface area contributed by atoms with Gasteiger partial charge in [0.1, 0.15) is 12.2 Å². The highest BCUT2D eigenvalue weighted by Crippen LogP contribution is 2.10. The van der Waals surface area contributed by atoms with Crippen molar-refractivity contribution in [1.82, 2.24) is 9.55 Å². The van der Waals surface area contributed by atoms with Crippen molar-refractivity contribution in [2.24, 2.45) is 0 Å². The van der Waals surface area contributed by atoms with Crippen molar-refractivity contribution in [3.05, 3.63) is 40.4 Å².